The van der Waals surface area contributed by atoms with Gasteiger partial charge in [-0.05, 0) is 53.2 Å². The van der Waals surface area contributed by atoms with Crippen molar-refractivity contribution in [1.82, 2.24) is 9.78 Å². The molecule has 0 amide bonds. The number of nitrogen functional groups attached to an aromatic ring is 1. The van der Waals surface area contributed by atoms with Gasteiger partial charge in [-0.25, -0.2) is 4.68 Å². The third-order valence-corrected chi connectivity index (χ3v) is 4.58. The number of hydrogen-bond donors (Lipinski definition) is 1. The van der Waals surface area contributed by atoms with Gasteiger partial charge in [0.1, 0.15) is 5.82 Å². The van der Waals surface area contributed by atoms with Gasteiger partial charge in [0.15, 0.2) is 0 Å². The van der Waals surface area contributed by atoms with Crippen molar-refractivity contribution in [2.45, 2.75) is 46.1 Å². The molecule has 2 rings (SSSR count). The van der Waals surface area contributed by atoms with Gasteiger partial charge in [0.25, 0.3) is 0 Å². The van der Waals surface area contributed by atoms with E-state index in [1.165, 1.54) is 19.3 Å². The molecular weight excluding hydrogens is 313 g/mol. The van der Waals surface area contributed by atoms with Crippen LogP contribution in [0.2, 0.25) is 0 Å². The summed E-state index contributed by atoms with van der Waals surface area (Å²) >= 11 is 2.25. The van der Waals surface area contributed by atoms with Crippen molar-refractivity contribution in [3.05, 3.63) is 9.77 Å². The van der Waals surface area contributed by atoms with E-state index in [2.05, 4.69) is 48.5 Å². The number of halogens is 1. The first kappa shape index (κ1) is 12.2. The van der Waals surface area contributed by atoms with E-state index in [-0.39, 0.29) is 0 Å². The van der Waals surface area contributed by atoms with Gasteiger partial charge in [0.05, 0.1) is 15.8 Å². The Hall–Kier alpha value is -0.260. The van der Waals surface area contributed by atoms with Crippen LogP contribution in [0.3, 0.4) is 0 Å². The lowest BCUT2D eigenvalue weighted by Crippen LogP contribution is -2.31. The molecular formula is C12H20IN3. The van der Waals surface area contributed by atoms with Gasteiger partial charge in [0, 0.05) is 0 Å². The van der Waals surface area contributed by atoms with E-state index in [1.54, 1.807) is 0 Å². The average Bonchev–Trinajstić information content (AvgIpc) is 2.48. The Labute approximate surface area is 111 Å². The maximum atomic E-state index is 6.06. The fourth-order valence-electron chi connectivity index (χ4n) is 2.91. The molecule has 0 aliphatic heterocycles. The maximum absolute atomic E-state index is 6.06. The van der Waals surface area contributed by atoms with Crippen molar-refractivity contribution in [3.63, 3.8) is 0 Å². The molecule has 2 N–H and O–H groups in total. The summed E-state index contributed by atoms with van der Waals surface area (Å²) in [6, 6.07) is 0.483. The lowest BCUT2D eigenvalue weighted by Gasteiger charge is -2.39. The van der Waals surface area contributed by atoms with Crippen LogP contribution >= 0.6 is 22.6 Å². The van der Waals surface area contributed by atoms with E-state index in [1.807, 2.05) is 10.9 Å². The average molecular weight is 333 g/mol. The summed E-state index contributed by atoms with van der Waals surface area (Å²) in [5.41, 5.74) is 6.53. The largest absolute Gasteiger partial charge is 0.383 e. The number of nitrogens with zero attached hydrogens (tertiary/aromatic N) is 2. The molecule has 90 valence electrons. The molecule has 0 spiro atoms. The highest BCUT2D eigenvalue weighted by Crippen LogP contribution is 2.44. The zero-order valence-corrected chi connectivity index (χ0v) is 12.4. The van der Waals surface area contributed by atoms with Crippen molar-refractivity contribution in [3.8, 4) is 0 Å². The van der Waals surface area contributed by atoms with Gasteiger partial charge in [-0.15, -0.1) is 0 Å². The fourth-order valence-corrected chi connectivity index (χ4v) is 3.28. The molecule has 1 aromatic rings. The highest BCUT2D eigenvalue weighted by atomic mass is 127. The van der Waals surface area contributed by atoms with Crippen molar-refractivity contribution in [2.24, 2.45) is 11.3 Å². The first-order valence-corrected chi connectivity index (χ1v) is 6.97. The van der Waals surface area contributed by atoms with Crippen molar-refractivity contribution < 1.29 is 0 Å². The Morgan fingerprint density at radius 2 is 2.25 bits per heavy atom. The molecule has 3 nitrogen and oxygen atoms in total. The standard InChI is InChI=1S/C12H20IN3/c1-8-6-12(2,3)5-4-10(8)16-11(14)9(13)7-15-16/h7-8,10H,4-6,14H2,1-3H3. The number of aromatic nitrogens is 2. The minimum Gasteiger partial charge on any atom is -0.383 e. The van der Waals surface area contributed by atoms with Crippen molar-refractivity contribution in [1.29, 1.82) is 0 Å². The van der Waals surface area contributed by atoms with E-state index in [9.17, 15) is 0 Å². The molecule has 1 aliphatic rings. The lowest BCUT2D eigenvalue weighted by molar-refractivity contribution is 0.127. The summed E-state index contributed by atoms with van der Waals surface area (Å²) in [7, 11) is 0. The number of nitrogens with two attached hydrogens (primary N) is 1. The Balaban J connectivity index is 2.21. The molecule has 1 saturated carbocycles. The summed E-state index contributed by atoms with van der Waals surface area (Å²) < 4.78 is 3.09. The molecule has 0 saturated heterocycles. The van der Waals surface area contributed by atoms with E-state index < -0.39 is 0 Å². The zero-order chi connectivity index (χ0) is 11.9. The van der Waals surface area contributed by atoms with Crippen LogP contribution in [0.4, 0.5) is 5.82 Å². The molecule has 2 unspecified atom stereocenters. The lowest BCUT2D eigenvalue weighted by atomic mass is 9.70. The molecule has 2 atom stereocenters. The molecule has 1 heterocycles. The summed E-state index contributed by atoms with van der Waals surface area (Å²) in [5, 5.41) is 4.42. The first-order chi connectivity index (χ1) is 7.41. The van der Waals surface area contributed by atoms with Crippen molar-refractivity contribution in [2.75, 3.05) is 5.73 Å². The first-order valence-electron chi connectivity index (χ1n) is 5.89. The van der Waals surface area contributed by atoms with Crippen LogP contribution in [-0.4, -0.2) is 9.78 Å². The molecule has 16 heavy (non-hydrogen) atoms. The van der Waals surface area contributed by atoms with Gasteiger partial charge in [-0.3, -0.25) is 0 Å². The van der Waals surface area contributed by atoms with E-state index in [0.717, 1.165) is 9.39 Å². The minimum atomic E-state index is 0.477. The monoisotopic (exact) mass is 333 g/mol. The van der Waals surface area contributed by atoms with Crippen LogP contribution in [0, 0.1) is 14.9 Å². The Morgan fingerprint density at radius 1 is 1.56 bits per heavy atom. The van der Waals surface area contributed by atoms with Gasteiger partial charge in [0.2, 0.25) is 0 Å². The molecule has 0 radical (unpaired) electrons. The Kier molecular flexibility index (Phi) is 3.20. The molecule has 0 bridgehead atoms. The fraction of sp³-hybridized carbons (Fsp3) is 0.750. The SMILES string of the molecule is CC1CC(C)(C)CCC1n1ncc(I)c1N. The summed E-state index contributed by atoms with van der Waals surface area (Å²) in [6.45, 7) is 7.03. The molecule has 1 aliphatic carbocycles. The highest BCUT2D eigenvalue weighted by Gasteiger charge is 2.34. The number of hydrogen-bond acceptors (Lipinski definition) is 2. The molecule has 0 aromatic carbocycles. The molecule has 1 aromatic heterocycles. The summed E-state index contributed by atoms with van der Waals surface area (Å²) in [6.07, 6.45) is 5.57. The van der Waals surface area contributed by atoms with E-state index >= 15 is 0 Å². The normalized spacial score (nSPS) is 29.2. The summed E-state index contributed by atoms with van der Waals surface area (Å²) in [5.74, 6) is 1.49. The van der Waals surface area contributed by atoms with Gasteiger partial charge in [-0.1, -0.05) is 20.8 Å². The maximum Gasteiger partial charge on any atom is 0.135 e. The molecule has 4 heteroatoms. The summed E-state index contributed by atoms with van der Waals surface area (Å²) in [4.78, 5) is 0. The quantitative estimate of drug-likeness (QED) is 0.800. The predicted octanol–water partition coefficient (Wildman–Crippen LogP) is 3.46. The zero-order valence-electron chi connectivity index (χ0n) is 10.2. The Bertz CT molecular complexity index is 384. The second-order valence-corrected chi connectivity index (χ2v) is 6.94. The highest BCUT2D eigenvalue weighted by molar-refractivity contribution is 14.1. The van der Waals surface area contributed by atoms with Crippen molar-refractivity contribution >= 4 is 28.4 Å². The van der Waals surface area contributed by atoms with Crippen LogP contribution in [-0.2, 0) is 0 Å². The second-order valence-electron chi connectivity index (χ2n) is 5.77. The topological polar surface area (TPSA) is 43.8 Å². The predicted molar refractivity (Wildman–Crippen MR) is 75.2 cm³/mol. The number of anilines is 1. The van der Waals surface area contributed by atoms with E-state index in [4.69, 9.17) is 5.73 Å². The number of rotatable bonds is 1. The minimum absolute atomic E-state index is 0.477. The van der Waals surface area contributed by atoms with Crippen LogP contribution in [0.25, 0.3) is 0 Å². The van der Waals surface area contributed by atoms with E-state index in [0.29, 0.717) is 17.4 Å². The Morgan fingerprint density at radius 3 is 2.75 bits per heavy atom. The smallest absolute Gasteiger partial charge is 0.135 e. The third-order valence-electron chi connectivity index (χ3n) is 3.75. The second kappa shape index (κ2) is 4.20. The molecule has 1 fully saturated rings. The van der Waals surface area contributed by atoms with Gasteiger partial charge in [-0.2, -0.15) is 5.10 Å². The third kappa shape index (κ3) is 2.21. The van der Waals surface area contributed by atoms with Gasteiger partial charge >= 0.3 is 0 Å². The van der Waals surface area contributed by atoms with Crippen LogP contribution in [0.1, 0.15) is 46.1 Å². The van der Waals surface area contributed by atoms with Crippen LogP contribution in [0.15, 0.2) is 6.20 Å². The van der Waals surface area contributed by atoms with Crippen LogP contribution in [0.5, 0.6) is 0 Å². The van der Waals surface area contributed by atoms with Crippen LogP contribution < -0.4 is 5.73 Å². The van der Waals surface area contributed by atoms with Gasteiger partial charge < -0.3 is 5.73 Å².